The van der Waals surface area contributed by atoms with Crippen molar-refractivity contribution in [1.29, 1.82) is 0 Å². The van der Waals surface area contributed by atoms with E-state index in [0.717, 1.165) is 33.3 Å². The second-order valence-corrected chi connectivity index (χ2v) is 9.33. The lowest BCUT2D eigenvalue weighted by atomic mass is 10.00. The average molecular weight is 467 g/mol. The molecule has 0 bridgehead atoms. The number of rotatable bonds is 8. The smallest absolute Gasteiger partial charge is 0.407 e. The van der Waals surface area contributed by atoms with E-state index in [0.29, 0.717) is 17.9 Å². The van der Waals surface area contributed by atoms with Crippen LogP contribution >= 0.6 is 0 Å². The first-order valence-corrected chi connectivity index (χ1v) is 11.3. The number of alkyl carbamates (subject to hydrolysis) is 1. The van der Waals surface area contributed by atoms with Crippen LogP contribution in [0.1, 0.15) is 51.4 Å². The molecule has 0 atom stereocenters. The summed E-state index contributed by atoms with van der Waals surface area (Å²) in [4.78, 5) is 16.9. The number of methoxy groups -OCH3 is 2. The lowest BCUT2D eigenvalue weighted by Crippen LogP contribution is -2.32. The van der Waals surface area contributed by atoms with E-state index in [9.17, 15) is 4.79 Å². The lowest BCUT2D eigenvalue weighted by Gasteiger charge is -2.20. The summed E-state index contributed by atoms with van der Waals surface area (Å²) in [6, 6.07) is 11.9. The van der Waals surface area contributed by atoms with Gasteiger partial charge in [-0.2, -0.15) is 0 Å². The Morgan fingerprint density at radius 2 is 1.62 bits per heavy atom. The maximum absolute atomic E-state index is 12.2. The first-order chi connectivity index (χ1) is 16.1. The minimum absolute atomic E-state index is 0.126. The molecule has 0 unspecified atom stereocenters. The van der Waals surface area contributed by atoms with E-state index in [1.807, 2.05) is 71.0 Å². The Labute approximate surface area is 201 Å². The summed E-state index contributed by atoms with van der Waals surface area (Å²) >= 11 is 0. The largest absolute Gasteiger partial charge is 0.493 e. The standard InChI is InChI=1S/C27H34N2O5/c1-17(2)33-20-10-8-18(9-11-20)12-23-22-14-25(32-7)24(31-6)13-21(22)19(15-28-23)16-29-26(30)34-27(3,4)5/h8-11,13-15,17H,12,16H2,1-7H3,(H,29,30). The van der Waals surface area contributed by atoms with E-state index in [4.69, 9.17) is 23.9 Å². The SMILES string of the molecule is COc1cc2c(CNC(=O)OC(C)(C)C)cnc(Cc3ccc(OC(C)C)cc3)c2cc1OC. The molecule has 7 nitrogen and oxygen atoms in total. The Balaban J connectivity index is 1.94. The highest BCUT2D eigenvalue weighted by atomic mass is 16.6. The van der Waals surface area contributed by atoms with E-state index in [2.05, 4.69) is 5.32 Å². The molecule has 7 heteroatoms. The Kier molecular flexibility index (Phi) is 7.87. The van der Waals surface area contributed by atoms with Gasteiger partial charge in [0.05, 0.1) is 26.0 Å². The number of nitrogens with zero attached hydrogens (tertiary/aromatic N) is 1. The number of ether oxygens (including phenoxy) is 4. The van der Waals surface area contributed by atoms with Gasteiger partial charge in [-0.25, -0.2) is 4.79 Å². The minimum atomic E-state index is -0.569. The van der Waals surface area contributed by atoms with Crippen LogP contribution in [0.15, 0.2) is 42.6 Å². The highest BCUT2D eigenvalue weighted by Gasteiger charge is 2.18. The van der Waals surface area contributed by atoms with Crippen molar-refractivity contribution in [3.05, 3.63) is 59.4 Å². The minimum Gasteiger partial charge on any atom is -0.493 e. The number of pyridine rings is 1. The normalized spacial score (nSPS) is 11.4. The van der Waals surface area contributed by atoms with Crippen LogP contribution in [-0.4, -0.2) is 37.0 Å². The third kappa shape index (κ3) is 6.53. The molecule has 0 spiro atoms. The van der Waals surface area contributed by atoms with E-state index < -0.39 is 11.7 Å². The van der Waals surface area contributed by atoms with Crippen LogP contribution < -0.4 is 19.5 Å². The Morgan fingerprint density at radius 3 is 2.18 bits per heavy atom. The molecule has 0 aliphatic carbocycles. The Hall–Kier alpha value is -3.48. The monoisotopic (exact) mass is 466 g/mol. The molecule has 0 saturated carbocycles. The zero-order valence-electron chi connectivity index (χ0n) is 21.0. The highest BCUT2D eigenvalue weighted by molar-refractivity contribution is 5.91. The number of carbonyl (C=O) groups is 1. The van der Waals surface area contributed by atoms with Gasteiger partial charge in [0.2, 0.25) is 0 Å². The van der Waals surface area contributed by atoms with Crippen molar-refractivity contribution in [2.45, 2.75) is 59.3 Å². The van der Waals surface area contributed by atoms with Gasteiger partial charge in [-0.15, -0.1) is 0 Å². The van der Waals surface area contributed by atoms with E-state index >= 15 is 0 Å². The number of aromatic nitrogens is 1. The van der Waals surface area contributed by atoms with Crippen LogP contribution in [0, 0.1) is 0 Å². The second kappa shape index (κ2) is 10.6. The van der Waals surface area contributed by atoms with E-state index in [1.54, 1.807) is 20.4 Å². The van der Waals surface area contributed by atoms with Crippen molar-refractivity contribution in [1.82, 2.24) is 10.3 Å². The van der Waals surface area contributed by atoms with Crippen LogP contribution in [0.2, 0.25) is 0 Å². The fourth-order valence-electron chi connectivity index (χ4n) is 3.59. The summed E-state index contributed by atoms with van der Waals surface area (Å²) in [5.74, 6) is 2.07. The number of carbonyl (C=O) groups excluding carboxylic acids is 1. The van der Waals surface area contributed by atoms with Crippen molar-refractivity contribution in [2.75, 3.05) is 14.2 Å². The van der Waals surface area contributed by atoms with Gasteiger partial charge in [0.25, 0.3) is 0 Å². The lowest BCUT2D eigenvalue weighted by molar-refractivity contribution is 0.0523. The number of nitrogens with one attached hydrogen (secondary N) is 1. The van der Waals surface area contributed by atoms with Crippen molar-refractivity contribution in [2.24, 2.45) is 0 Å². The number of benzene rings is 2. The molecule has 34 heavy (non-hydrogen) atoms. The van der Waals surface area contributed by atoms with Gasteiger partial charge in [-0.1, -0.05) is 12.1 Å². The first kappa shape index (κ1) is 25.1. The number of fused-ring (bicyclic) bond motifs is 1. The fourth-order valence-corrected chi connectivity index (χ4v) is 3.59. The van der Waals surface area contributed by atoms with Gasteiger partial charge in [0.15, 0.2) is 11.5 Å². The van der Waals surface area contributed by atoms with E-state index in [1.165, 1.54) is 0 Å². The van der Waals surface area contributed by atoms with Crippen LogP contribution in [0.3, 0.4) is 0 Å². The van der Waals surface area contributed by atoms with Gasteiger partial charge in [0.1, 0.15) is 11.4 Å². The molecule has 0 fully saturated rings. The van der Waals surface area contributed by atoms with Gasteiger partial charge in [0, 0.05) is 24.5 Å². The molecular weight excluding hydrogens is 432 g/mol. The summed E-state index contributed by atoms with van der Waals surface area (Å²) in [7, 11) is 3.21. The topological polar surface area (TPSA) is 78.9 Å². The van der Waals surface area contributed by atoms with Gasteiger partial charge in [-0.3, -0.25) is 4.98 Å². The van der Waals surface area contributed by atoms with Gasteiger partial charge >= 0.3 is 6.09 Å². The molecule has 1 N–H and O–H groups in total. The third-order valence-corrected chi connectivity index (χ3v) is 5.05. The average Bonchev–Trinajstić information content (AvgIpc) is 2.77. The van der Waals surface area contributed by atoms with Crippen LogP contribution in [-0.2, 0) is 17.7 Å². The molecule has 0 radical (unpaired) electrons. The Bertz CT molecular complexity index is 1130. The molecule has 0 aliphatic rings. The molecule has 1 amide bonds. The molecule has 1 heterocycles. The summed E-state index contributed by atoms with van der Waals surface area (Å²) < 4.78 is 22.2. The predicted molar refractivity (Wildman–Crippen MR) is 133 cm³/mol. The van der Waals surface area contributed by atoms with E-state index in [-0.39, 0.29) is 12.6 Å². The molecule has 1 aromatic heterocycles. The molecule has 2 aromatic carbocycles. The predicted octanol–water partition coefficient (Wildman–Crippen LogP) is 5.65. The van der Waals surface area contributed by atoms with Gasteiger partial charge < -0.3 is 24.3 Å². The molecule has 0 saturated heterocycles. The summed E-state index contributed by atoms with van der Waals surface area (Å²) in [6.45, 7) is 9.77. The fraction of sp³-hybridized carbons (Fsp3) is 0.407. The zero-order valence-corrected chi connectivity index (χ0v) is 21.0. The zero-order chi connectivity index (χ0) is 24.9. The van der Waals surface area contributed by atoms with Crippen molar-refractivity contribution in [3.8, 4) is 17.2 Å². The molecule has 3 rings (SSSR count). The quantitative estimate of drug-likeness (QED) is 0.462. The first-order valence-electron chi connectivity index (χ1n) is 11.3. The maximum atomic E-state index is 12.2. The number of hydrogen-bond acceptors (Lipinski definition) is 6. The highest BCUT2D eigenvalue weighted by Crippen LogP contribution is 2.35. The maximum Gasteiger partial charge on any atom is 0.407 e. The summed E-state index contributed by atoms with van der Waals surface area (Å²) in [5.41, 5.74) is 2.29. The summed E-state index contributed by atoms with van der Waals surface area (Å²) in [5, 5.41) is 4.68. The number of amides is 1. The number of hydrogen-bond donors (Lipinski definition) is 1. The van der Waals surface area contributed by atoms with Crippen LogP contribution in [0.4, 0.5) is 4.79 Å². The van der Waals surface area contributed by atoms with Gasteiger partial charge in [-0.05, 0) is 75.4 Å². The molecular formula is C27H34N2O5. The second-order valence-electron chi connectivity index (χ2n) is 9.33. The van der Waals surface area contributed by atoms with Crippen molar-refractivity contribution >= 4 is 16.9 Å². The third-order valence-electron chi connectivity index (χ3n) is 5.05. The molecule has 3 aromatic rings. The van der Waals surface area contributed by atoms with Crippen molar-refractivity contribution < 1.29 is 23.7 Å². The van der Waals surface area contributed by atoms with Crippen LogP contribution in [0.25, 0.3) is 10.8 Å². The Morgan fingerprint density at radius 1 is 1.00 bits per heavy atom. The van der Waals surface area contributed by atoms with Crippen LogP contribution in [0.5, 0.6) is 17.2 Å². The molecule has 182 valence electrons. The van der Waals surface area contributed by atoms with Crippen molar-refractivity contribution in [3.63, 3.8) is 0 Å². The summed E-state index contributed by atoms with van der Waals surface area (Å²) in [6.07, 6.45) is 2.07. The molecule has 0 aliphatic heterocycles.